The number of nitrogens with zero attached hydrogens (tertiary/aromatic N) is 2. The Morgan fingerprint density at radius 1 is 1.17 bits per heavy atom. The molecule has 0 atom stereocenters. The van der Waals surface area contributed by atoms with E-state index in [1.54, 1.807) is 19.1 Å². The third kappa shape index (κ3) is 3.67. The first-order valence-corrected chi connectivity index (χ1v) is 9.12. The first-order chi connectivity index (χ1) is 11.5. The lowest BCUT2D eigenvalue weighted by Gasteiger charge is -2.50. The number of hydrogen-bond donors (Lipinski definition) is 1. The third-order valence-corrected chi connectivity index (χ3v) is 5.60. The minimum atomic E-state index is -0.394. The Bertz CT molecular complexity index is 596. The molecule has 2 fully saturated rings. The highest BCUT2D eigenvalue weighted by molar-refractivity contribution is 6.31. The van der Waals surface area contributed by atoms with Crippen molar-refractivity contribution in [1.82, 2.24) is 9.80 Å². The van der Waals surface area contributed by atoms with Crippen LogP contribution in [0.2, 0.25) is 5.02 Å². The summed E-state index contributed by atoms with van der Waals surface area (Å²) in [7, 11) is 0. The number of piperazine rings is 1. The molecule has 1 amide bonds. The molecule has 1 saturated heterocycles. The van der Waals surface area contributed by atoms with E-state index in [0.717, 1.165) is 44.7 Å². The van der Waals surface area contributed by atoms with E-state index in [2.05, 4.69) is 10.2 Å². The van der Waals surface area contributed by atoms with Gasteiger partial charge in [-0.05, 0) is 43.9 Å². The van der Waals surface area contributed by atoms with Crippen LogP contribution in [-0.4, -0.2) is 47.5 Å². The number of nitrogens with one attached hydrogen (secondary N) is 1. The maximum Gasteiger partial charge on any atom is 0.219 e. The van der Waals surface area contributed by atoms with Gasteiger partial charge in [0.2, 0.25) is 5.91 Å². The van der Waals surface area contributed by atoms with Gasteiger partial charge in [-0.3, -0.25) is 9.69 Å². The van der Waals surface area contributed by atoms with Crippen molar-refractivity contribution in [2.75, 3.05) is 31.5 Å². The maximum absolute atomic E-state index is 13.4. The predicted molar refractivity (Wildman–Crippen MR) is 94.7 cm³/mol. The van der Waals surface area contributed by atoms with Crippen molar-refractivity contribution >= 4 is 23.2 Å². The quantitative estimate of drug-likeness (QED) is 0.899. The van der Waals surface area contributed by atoms with Crippen LogP contribution < -0.4 is 5.32 Å². The molecule has 1 aliphatic carbocycles. The molecule has 4 nitrogen and oxygen atoms in total. The van der Waals surface area contributed by atoms with E-state index < -0.39 is 5.82 Å². The Balaban J connectivity index is 1.77. The fourth-order valence-electron chi connectivity index (χ4n) is 3.95. The summed E-state index contributed by atoms with van der Waals surface area (Å²) >= 11 is 5.94. The van der Waals surface area contributed by atoms with Gasteiger partial charge in [-0.25, -0.2) is 4.39 Å². The topological polar surface area (TPSA) is 35.6 Å². The Morgan fingerprint density at radius 3 is 2.42 bits per heavy atom. The molecule has 2 aliphatic rings. The maximum atomic E-state index is 13.4. The van der Waals surface area contributed by atoms with E-state index >= 15 is 0 Å². The number of carbonyl (C=O) groups is 1. The summed E-state index contributed by atoms with van der Waals surface area (Å²) in [6.45, 7) is 4.89. The van der Waals surface area contributed by atoms with Crippen LogP contribution >= 0.6 is 11.6 Å². The first kappa shape index (κ1) is 17.5. The second-order valence-corrected chi connectivity index (χ2v) is 7.25. The van der Waals surface area contributed by atoms with Gasteiger partial charge in [0.1, 0.15) is 5.82 Å². The monoisotopic (exact) mass is 353 g/mol. The molecule has 0 spiro atoms. The van der Waals surface area contributed by atoms with Gasteiger partial charge < -0.3 is 10.2 Å². The van der Waals surface area contributed by atoms with Crippen molar-refractivity contribution in [2.45, 2.75) is 44.7 Å². The highest BCUT2D eigenvalue weighted by atomic mass is 35.5. The third-order valence-electron chi connectivity index (χ3n) is 5.31. The van der Waals surface area contributed by atoms with Crippen molar-refractivity contribution < 1.29 is 9.18 Å². The minimum absolute atomic E-state index is 0.123. The van der Waals surface area contributed by atoms with Gasteiger partial charge in [-0.1, -0.05) is 18.0 Å². The Hall–Kier alpha value is -1.33. The summed E-state index contributed by atoms with van der Waals surface area (Å²) in [4.78, 5) is 15.9. The van der Waals surface area contributed by atoms with Crippen LogP contribution in [0.5, 0.6) is 0 Å². The molecule has 6 heteroatoms. The van der Waals surface area contributed by atoms with Crippen molar-refractivity contribution in [3.8, 4) is 0 Å². The molecule has 0 radical (unpaired) electrons. The molecule has 3 rings (SSSR count). The van der Waals surface area contributed by atoms with E-state index in [1.165, 1.54) is 25.3 Å². The molecule has 1 N–H and O–H groups in total. The largest absolute Gasteiger partial charge is 0.367 e. The number of rotatable bonds is 3. The molecule has 0 unspecified atom stereocenters. The van der Waals surface area contributed by atoms with Crippen LogP contribution in [0.4, 0.5) is 10.1 Å². The molecule has 1 aromatic rings. The number of amides is 1. The molecule has 1 heterocycles. The van der Waals surface area contributed by atoms with Gasteiger partial charge in [0, 0.05) is 38.8 Å². The van der Waals surface area contributed by atoms with Gasteiger partial charge >= 0.3 is 0 Å². The van der Waals surface area contributed by atoms with Crippen LogP contribution in [-0.2, 0) is 4.79 Å². The van der Waals surface area contributed by atoms with E-state index in [9.17, 15) is 9.18 Å². The minimum Gasteiger partial charge on any atom is -0.367 e. The number of carbonyl (C=O) groups excluding carboxylic acids is 1. The summed E-state index contributed by atoms with van der Waals surface area (Å²) in [5, 5.41) is 3.79. The summed E-state index contributed by atoms with van der Waals surface area (Å²) in [5.41, 5.74) is 0.736. The van der Waals surface area contributed by atoms with E-state index in [-0.39, 0.29) is 16.6 Å². The molecule has 1 aromatic carbocycles. The Labute approximate surface area is 147 Å². The smallest absolute Gasteiger partial charge is 0.219 e. The summed E-state index contributed by atoms with van der Waals surface area (Å²) in [6, 6.07) is 4.83. The van der Waals surface area contributed by atoms with E-state index in [0.29, 0.717) is 0 Å². The van der Waals surface area contributed by atoms with Gasteiger partial charge in [0.15, 0.2) is 0 Å². The van der Waals surface area contributed by atoms with Crippen molar-refractivity contribution in [1.29, 1.82) is 0 Å². The summed E-state index contributed by atoms with van der Waals surface area (Å²) in [5.74, 6) is -0.249. The van der Waals surface area contributed by atoms with Crippen molar-refractivity contribution in [3.63, 3.8) is 0 Å². The number of halogens is 2. The van der Waals surface area contributed by atoms with E-state index in [1.807, 2.05) is 4.90 Å². The zero-order chi connectivity index (χ0) is 17.2. The van der Waals surface area contributed by atoms with Gasteiger partial charge in [-0.2, -0.15) is 0 Å². The van der Waals surface area contributed by atoms with Crippen LogP contribution in [0.3, 0.4) is 0 Å². The van der Waals surface area contributed by atoms with Gasteiger partial charge in [0.25, 0.3) is 0 Å². The molecular weight excluding hydrogens is 329 g/mol. The fraction of sp³-hybridized carbons (Fsp3) is 0.611. The number of anilines is 1. The second kappa shape index (κ2) is 7.28. The average molecular weight is 354 g/mol. The van der Waals surface area contributed by atoms with Crippen LogP contribution in [0, 0.1) is 5.82 Å². The Kier molecular flexibility index (Phi) is 5.30. The summed E-state index contributed by atoms with van der Waals surface area (Å²) < 4.78 is 13.4. The lowest BCUT2D eigenvalue weighted by atomic mass is 9.86. The zero-order valence-electron chi connectivity index (χ0n) is 14.2. The van der Waals surface area contributed by atoms with Crippen molar-refractivity contribution in [2.24, 2.45) is 0 Å². The van der Waals surface area contributed by atoms with Gasteiger partial charge in [-0.15, -0.1) is 0 Å². The molecule has 132 valence electrons. The fourth-order valence-corrected chi connectivity index (χ4v) is 4.13. The molecule has 1 aliphatic heterocycles. The number of hydrogen-bond acceptors (Lipinski definition) is 3. The van der Waals surface area contributed by atoms with Crippen LogP contribution in [0.1, 0.15) is 39.0 Å². The molecule has 24 heavy (non-hydrogen) atoms. The molecule has 0 aromatic heterocycles. The standard InChI is InChI=1S/C18H25ClFN3O/c1-14(24)22-9-11-23(12-10-22)18(7-3-2-4-8-18)21-15-5-6-17(20)16(19)13-15/h5-6,13,21H,2-4,7-12H2,1H3. The highest BCUT2D eigenvalue weighted by Gasteiger charge is 2.39. The zero-order valence-corrected chi connectivity index (χ0v) is 14.9. The number of benzene rings is 1. The Morgan fingerprint density at radius 2 is 1.83 bits per heavy atom. The molecule has 0 bridgehead atoms. The average Bonchev–Trinajstić information content (AvgIpc) is 2.59. The first-order valence-electron chi connectivity index (χ1n) is 8.74. The lowest BCUT2D eigenvalue weighted by Crippen LogP contribution is -2.61. The second-order valence-electron chi connectivity index (χ2n) is 6.84. The summed E-state index contributed by atoms with van der Waals surface area (Å²) in [6.07, 6.45) is 5.72. The normalized spacial score (nSPS) is 21.5. The van der Waals surface area contributed by atoms with E-state index in [4.69, 9.17) is 11.6 Å². The van der Waals surface area contributed by atoms with Gasteiger partial charge in [0.05, 0.1) is 10.7 Å². The SMILES string of the molecule is CC(=O)N1CCN(C2(Nc3ccc(F)c(Cl)c3)CCCCC2)CC1. The van der Waals surface area contributed by atoms with Crippen LogP contribution in [0.15, 0.2) is 18.2 Å². The molecule has 1 saturated carbocycles. The molecular formula is C18H25ClFN3O. The van der Waals surface area contributed by atoms with Crippen molar-refractivity contribution in [3.05, 3.63) is 29.0 Å². The van der Waals surface area contributed by atoms with Crippen LogP contribution in [0.25, 0.3) is 0 Å². The lowest BCUT2D eigenvalue weighted by molar-refractivity contribution is -0.131. The predicted octanol–water partition coefficient (Wildman–Crippen LogP) is 3.72. The highest BCUT2D eigenvalue weighted by Crippen LogP contribution is 2.36.